The number of nitrogens with two attached hydrogens (primary N) is 1. The molecular weight excluding hydrogens is 717 g/mol. The number of rotatable bonds is 18. The predicted octanol–water partition coefficient (Wildman–Crippen LogP) is 3.31. The quantitative estimate of drug-likeness (QED) is 0.131. The van der Waals surface area contributed by atoms with Gasteiger partial charge < -0.3 is 10.5 Å². The van der Waals surface area contributed by atoms with E-state index in [1.807, 2.05) is 54.6 Å². The van der Waals surface area contributed by atoms with Crippen molar-refractivity contribution in [2.75, 3.05) is 32.2 Å². The topological polar surface area (TPSA) is 154 Å². The number of hydrogen-bond acceptors (Lipinski definition) is 9. The molecule has 48 heavy (non-hydrogen) atoms. The van der Waals surface area contributed by atoms with Crippen molar-refractivity contribution in [3.8, 4) is 0 Å². The van der Waals surface area contributed by atoms with E-state index in [0.717, 1.165) is 27.7 Å². The second-order valence-electron chi connectivity index (χ2n) is 11.0. The van der Waals surface area contributed by atoms with E-state index < -0.39 is 47.7 Å². The fraction of sp³-hybridized carbons (Fsp3) is 0.343. The zero-order valence-electron chi connectivity index (χ0n) is 27.1. The molecule has 4 N–H and O–H groups in total. The first-order valence-electron chi connectivity index (χ1n) is 15.6. The number of methoxy groups -OCH3 is 1. The molecule has 0 aromatic heterocycles. The molecule has 3 aromatic rings. The maximum absolute atomic E-state index is 13.3. The average Bonchev–Trinajstić information content (AvgIpc) is 3.12. The summed E-state index contributed by atoms with van der Waals surface area (Å²) in [6.45, 7) is 1.42. The van der Waals surface area contributed by atoms with E-state index in [1.165, 1.54) is 7.11 Å². The second kappa shape index (κ2) is 18.8. The van der Waals surface area contributed by atoms with Crippen molar-refractivity contribution in [2.45, 2.75) is 44.7 Å². The molecular formula is C35H43BrN3O7PS. The van der Waals surface area contributed by atoms with Crippen LogP contribution in [0.3, 0.4) is 0 Å². The van der Waals surface area contributed by atoms with E-state index in [0.29, 0.717) is 12.6 Å². The van der Waals surface area contributed by atoms with Crippen LogP contribution in [0.1, 0.15) is 32.6 Å². The first-order valence-corrected chi connectivity index (χ1v) is 21.1. The van der Waals surface area contributed by atoms with E-state index in [1.54, 1.807) is 6.92 Å². The molecule has 13 heteroatoms. The summed E-state index contributed by atoms with van der Waals surface area (Å²) in [5.41, 5.74) is 5.80. The Kier molecular flexibility index (Phi) is 15.3. The Morgan fingerprint density at radius 2 is 1.38 bits per heavy atom. The van der Waals surface area contributed by atoms with Crippen molar-refractivity contribution in [1.82, 2.24) is 10.6 Å². The smallest absolute Gasteiger partial charge is 0.0807 e. The van der Waals surface area contributed by atoms with Crippen LogP contribution < -0.4 is 32.3 Å². The molecule has 0 radical (unpaired) electrons. The van der Waals surface area contributed by atoms with Gasteiger partial charge in [-0.05, 0) is 6.92 Å². The van der Waals surface area contributed by atoms with Gasteiger partial charge in [0.05, 0.1) is 13.7 Å². The van der Waals surface area contributed by atoms with Gasteiger partial charge >= 0.3 is 259 Å². The Labute approximate surface area is 293 Å². The molecule has 0 bridgehead atoms. The number of amides is 2. The van der Waals surface area contributed by atoms with Gasteiger partial charge in [-0.3, -0.25) is 4.79 Å². The van der Waals surface area contributed by atoms with E-state index >= 15 is 0 Å². The summed E-state index contributed by atoms with van der Waals surface area (Å²) >= 11 is 5.33. The Bertz CT molecular complexity index is 1430. The molecule has 0 saturated heterocycles. The van der Waals surface area contributed by atoms with Crippen LogP contribution >= 0.6 is 32.6 Å². The first kappa shape index (κ1) is 38.9. The minimum absolute atomic E-state index is 0.00994. The van der Waals surface area contributed by atoms with Gasteiger partial charge in [-0.25, -0.2) is 0 Å². The van der Waals surface area contributed by atoms with Crippen LogP contribution in [0, 0.1) is 0 Å². The summed E-state index contributed by atoms with van der Waals surface area (Å²) in [7, 11) is 1.19. The third-order valence-corrected chi connectivity index (χ3v) is 18.9. The summed E-state index contributed by atoms with van der Waals surface area (Å²) in [6, 6.07) is 28.7. The van der Waals surface area contributed by atoms with Gasteiger partial charge in [-0.1, -0.05) is 0 Å². The predicted molar refractivity (Wildman–Crippen MR) is 196 cm³/mol. The van der Waals surface area contributed by atoms with Gasteiger partial charge in [-0.15, -0.1) is 0 Å². The van der Waals surface area contributed by atoms with Crippen LogP contribution in [0.2, 0.25) is 0 Å². The van der Waals surface area contributed by atoms with E-state index in [4.69, 9.17) is 10.5 Å². The summed E-state index contributed by atoms with van der Waals surface area (Å²) in [4.78, 5) is 62.4. The number of ether oxygens (including phenoxy) is 2. The number of halogens is 1. The number of carbonyl (C=O) groups is 5. The van der Waals surface area contributed by atoms with Crippen LogP contribution in [0.5, 0.6) is 0 Å². The second-order valence-corrected chi connectivity index (χ2v) is 21.1. The summed E-state index contributed by atoms with van der Waals surface area (Å²) in [5, 5.41) is 5.12. The van der Waals surface area contributed by atoms with Gasteiger partial charge in [0.25, 0.3) is 0 Å². The van der Waals surface area contributed by atoms with Crippen molar-refractivity contribution in [1.29, 1.82) is 0 Å². The van der Waals surface area contributed by atoms with Crippen LogP contribution in [0.15, 0.2) is 91.0 Å². The summed E-state index contributed by atoms with van der Waals surface area (Å²) in [6.07, 6.45) is 1.30. The van der Waals surface area contributed by atoms with Gasteiger partial charge in [0.1, 0.15) is 0 Å². The molecule has 0 heterocycles. The zero-order valence-corrected chi connectivity index (χ0v) is 30.4. The van der Waals surface area contributed by atoms with Gasteiger partial charge in [0.2, 0.25) is 0 Å². The molecule has 0 aliphatic rings. The monoisotopic (exact) mass is 759 g/mol. The van der Waals surface area contributed by atoms with E-state index in [-0.39, 0.29) is 36.7 Å². The van der Waals surface area contributed by atoms with E-state index in [2.05, 4.69) is 67.3 Å². The number of hydrogen-bond donors (Lipinski definition) is 3. The fourth-order valence-electron chi connectivity index (χ4n) is 5.28. The number of benzene rings is 3. The number of thioether (sulfide) groups is 1. The third kappa shape index (κ3) is 10.2. The molecule has 10 nitrogen and oxygen atoms in total. The Morgan fingerprint density at radius 3 is 1.85 bits per heavy atom. The van der Waals surface area contributed by atoms with Crippen LogP contribution in [0.4, 0.5) is 0 Å². The molecule has 3 aromatic carbocycles. The van der Waals surface area contributed by atoms with Gasteiger partial charge in [0, 0.05) is 0 Å². The molecule has 2 atom stereocenters. The zero-order chi connectivity index (χ0) is 35.0. The van der Waals surface area contributed by atoms with Crippen LogP contribution in [-0.4, -0.2) is 73.1 Å². The summed E-state index contributed by atoms with van der Waals surface area (Å²) in [5.74, 6) is -2.53. The Balaban J connectivity index is 1.74. The fourth-order valence-corrected chi connectivity index (χ4v) is 13.8. The van der Waals surface area contributed by atoms with Gasteiger partial charge in [-0.2, -0.15) is 0 Å². The molecule has 3 rings (SSSR count). The Hall–Kier alpha value is -3.57. The molecule has 258 valence electrons. The standard InChI is InChI=1S/C35H43BrN3O7PS/c1-3-46-35(44)29(37)21-22-31(40)39-30(34(43)38-24-32(41)45-2)25-48-33(42)20-13-23-47(36,26-14-7-4-8-15-26,27-16-9-5-10-17-27)28-18-11-6-12-19-28/h4-12,14-19,29-30H,3,13,20-25,37H2,1-2H3,(H,38,43)(H,39,40). The maximum atomic E-state index is 13.3. The molecule has 0 spiro atoms. The molecule has 0 aliphatic carbocycles. The normalized spacial score (nSPS) is 13.2. The Morgan fingerprint density at radius 1 is 0.854 bits per heavy atom. The van der Waals surface area contributed by atoms with Crippen molar-refractivity contribution in [3.05, 3.63) is 91.0 Å². The minimum atomic E-state index is -3.21. The van der Waals surface area contributed by atoms with Crippen LogP contribution in [0.25, 0.3) is 0 Å². The average molecular weight is 761 g/mol. The summed E-state index contributed by atoms with van der Waals surface area (Å²) < 4.78 is 9.46. The van der Waals surface area contributed by atoms with Crippen LogP contribution in [-0.2, 0) is 33.4 Å². The van der Waals surface area contributed by atoms with Gasteiger partial charge in [0.15, 0.2) is 0 Å². The molecule has 2 unspecified atom stereocenters. The molecule has 0 saturated carbocycles. The number of nitrogens with one attached hydrogen (secondary N) is 2. The minimum Gasteiger partial charge on any atom is 0.0807 e. The first-order chi connectivity index (χ1) is 23.0. The van der Waals surface area contributed by atoms with E-state index in [9.17, 15) is 24.0 Å². The SMILES string of the molecule is CCOC(=O)C(N)CCC(=O)NC(CSC(=O)CCCP(Br)(c1ccccc1)(c1ccccc1)c1ccccc1)C(=O)NCC(=O)OC. The molecule has 0 fully saturated rings. The molecule has 2 amide bonds. The third-order valence-electron chi connectivity index (χ3n) is 7.81. The number of carbonyl (C=O) groups excluding carboxylic acids is 5. The molecule has 0 aliphatic heterocycles. The van der Waals surface area contributed by atoms with Crippen molar-refractivity contribution in [3.63, 3.8) is 0 Å². The number of esters is 2. The van der Waals surface area contributed by atoms with Crippen molar-refractivity contribution >= 4 is 77.3 Å². The van der Waals surface area contributed by atoms with Crippen molar-refractivity contribution < 1.29 is 33.4 Å². The van der Waals surface area contributed by atoms with Crippen molar-refractivity contribution in [2.24, 2.45) is 5.73 Å².